The number of carbonyl (C=O) groups is 1. The van der Waals surface area contributed by atoms with Crippen molar-refractivity contribution in [3.63, 3.8) is 0 Å². The molecule has 0 aromatic heterocycles. The monoisotopic (exact) mass is 1270 g/mol. The summed E-state index contributed by atoms with van der Waals surface area (Å²) < 4.78 is 23.9. The summed E-state index contributed by atoms with van der Waals surface area (Å²) >= 11 is 0. The van der Waals surface area contributed by atoms with Gasteiger partial charge in [0.1, 0.15) is 13.2 Å². The average molecular weight is 1270 g/mol. The molecule has 0 aliphatic rings. The van der Waals surface area contributed by atoms with Gasteiger partial charge in [-0.3, -0.25) is 13.8 Å². The Balaban J connectivity index is 3.90. The average Bonchev–Trinajstić information content (AvgIpc) is 3.61. The van der Waals surface area contributed by atoms with Gasteiger partial charge in [-0.2, -0.15) is 0 Å². The van der Waals surface area contributed by atoms with Crippen molar-refractivity contribution in [3.05, 3.63) is 60.8 Å². The number of likely N-dealkylation sites (N-methyl/N-ethyl adjacent to an activating group) is 1. The molecule has 0 radical (unpaired) electrons. The second-order valence-electron chi connectivity index (χ2n) is 28.1. The van der Waals surface area contributed by atoms with Gasteiger partial charge in [-0.05, 0) is 57.8 Å². The highest BCUT2D eigenvalue weighted by Gasteiger charge is 2.28. The van der Waals surface area contributed by atoms with E-state index in [2.05, 4.69) is 79.9 Å². The maximum absolute atomic E-state index is 13.1. The molecule has 524 valence electrons. The Morgan fingerprint density at radius 1 is 0.393 bits per heavy atom. The first-order chi connectivity index (χ1) is 43.5. The van der Waals surface area contributed by atoms with Crippen LogP contribution in [0.3, 0.4) is 0 Å². The summed E-state index contributed by atoms with van der Waals surface area (Å²) in [6.07, 6.45) is 97.9. The SMILES string of the molecule is CC/C=C\C/C=C\C/C=C\C/C=C\C/C=C\CCCCCCCCCCCCCCCCCCCCCCCCCCCC(=O)NC(COP(=O)(O)OCC[N+](C)(C)C)C(O)CCCCCCCCCCCCCCCCCCCCCCCCCCCC. The first kappa shape index (κ1) is 87.2. The van der Waals surface area contributed by atoms with Crippen molar-refractivity contribution in [2.45, 2.75) is 405 Å². The fraction of sp³-hybridized carbons (Fsp3) is 0.863. The molecule has 0 aliphatic carbocycles. The second kappa shape index (κ2) is 70.5. The molecule has 0 fully saturated rings. The molecule has 0 saturated carbocycles. The molecule has 89 heavy (non-hydrogen) atoms. The van der Waals surface area contributed by atoms with Crippen LogP contribution in [0.4, 0.5) is 0 Å². The zero-order chi connectivity index (χ0) is 64.8. The molecule has 0 heterocycles. The summed E-state index contributed by atoms with van der Waals surface area (Å²) in [5, 5.41) is 14.2. The van der Waals surface area contributed by atoms with E-state index >= 15 is 0 Å². The third-order valence-corrected chi connectivity index (χ3v) is 19.0. The van der Waals surface area contributed by atoms with Crippen LogP contribution in [0.1, 0.15) is 393 Å². The van der Waals surface area contributed by atoms with Gasteiger partial charge in [-0.1, -0.05) is 389 Å². The highest BCUT2D eigenvalue weighted by atomic mass is 31.2. The summed E-state index contributed by atoms with van der Waals surface area (Å²) in [7, 11) is 1.64. The Morgan fingerprint density at radius 3 is 0.989 bits per heavy atom. The maximum Gasteiger partial charge on any atom is 0.472 e. The summed E-state index contributed by atoms with van der Waals surface area (Å²) in [6.45, 7) is 4.83. The molecular weight excluding hydrogens is 1120 g/mol. The van der Waals surface area contributed by atoms with Crippen LogP contribution in [-0.4, -0.2) is 73.4 Å². The zero-order valence-electron chi connectivity index (χ0n) is 60.2. The molecule has 0 saturated heterocycles. The number of unbranched alkanes of at least 4 members (excludes halogenated alkanes) is 50. The quantitative estimate of drug-likeness (QED) is 0.0243. The number of nitrogens with zero attached hydrogens (tertiary/aromatic N) is 1. The highest BCUT2D eigenvalue weighted by Crippen LogP contribution is 2.43. The molecule has 3 atom stereocenters. The van der Waals surface area contributed by atoms with Crippen LogP contribution in [0.2, 0.25) is 0 Å². The van der Waals surface area contributed by atoms with E-state index in [9.17, 15) is 19.4 Å². The van der Waals surface area contributed by atoms with Gasteiger partial charge < -0.3 is 19.8 Å². The number of aliphatic hydroxyl groups excluding tert-OH is 1. The molecule has 0 aromatic rings. The lowest BCUT2D eigenvalue weighted by Crippen LogP contribution is -2.46. The van der Waals surface area contributed by atoms with Crippen LogP contribution in [0.15, 0.2) is 60.8 Å². The van der Waals surface area contributed by atoms with Crippen molar-refractivity contribution in [1.82, 2.24) is 5.32 Å². The molecular formula is C80H154N2O6P+. The minimum Gasteiger partial charge on any atom is -0.391 e. The van der Waals surface area contributed by atoms with Gasteiger partial charge in [0.15, 0.2) is 0 Å². The van der Waals surface area contributed by atoms with E-state index < -0.39 is 20.0 Å². The van der Waals surface area contributed by atoms with Crippen molar-refractivity contribution < 1.29 is 32.9 Å². The standard InChI is InChI=1S/C80H153N2O6P/c1-6-8-10-12-14-16-18-20-22-24-26-28-30-32-34-35-36-37-38-39-40-41-42-43-44-45-46-47-48-50-52-54-56-58-60-62-64-66-68-70-72-74-80(84)81-78(77-88-89(85,86)87-76-75-82(3,4)5)79(83)73-71-69-67-65-63-61-59-57-55-53-51-49-33-31-29-27-25-23-21-19-17-15-13-11-9-7-2/h8,10,14,16,20,22,26,28,32,34,78-79,83H,6-7,9,11-13,15,17-19,21,23-25,27,29-31,33,35-77H2,1-5H3,(H-,81,84,85,86)/p+1/b10-8-,16-14-,22-20-,28-26-,34-32-. The van der Waals surface area contributed by atoms with Crippen LogP contribution < -0.4 is 5.32 Å². The Hall–Kier alpha value is -1.80. The van der Waals surface area contributed by atoms with Crippen molar-refractivity contribution in [2.75, 3.05) is 40.9 Å². The second-order valence-corrected chi connectivity index (χ2v) is 29.5. The molecule has 8 nitrogen and oxygen atoms in total. The summed E-state index contributed by atoms with van der Waals surface area (Å²) in [5.74, 6) is -0.135. The molecule has 9 heteroatoms. The predicted molar refractivity (Wildman–Crippen MR) is 392 cm³/mol. The predicted octanol–water partition coefficient (Wildman–Crippen LogP) is 25.5. The number of phosphoric acid groups is 1. The van der Waals surface area contributed by atoms with Crippen molar-refractivity contribution in [3.8, 4) is 0 Å². The number of aliphatic hydroxyl groups is 1. The number of rotatable bonds is 73. The summed E-state index contributed by atoms with van der Waals surface area (Å²) in [5.41, 5.74) is 0. The largest absolute Gasteiger partial charge is 0.472 e. The van der Waals surface area contributed by atoms with Crippen molar-refractivity contribution >= 4 is 13.7 Å². The topological polar surface area (TPSA) is 105 Å². The molecule has 0 bridgehead atoms. The highest BCUT2D eigenvalue weighted by molar-refractivity contribution is 7.47. The first-order valence-electron chi connectivity index (χ1n) is 39.2. The summed E-state index contributed by atoms with van der Waals surface area (Å²) in [6, 6.07) is -0.761. The Kier molecular flexibility index (Phi) is 69.1. The number of hydrogen-bond donors (Lipinski definition) is 3. The van der Waals surface area contributed by atoms with E-state index in [1.54, 1.807) is 0 Å². The Morgan fingerprint density at radius 2 is 0.674 bits per heavy atom. The molecule has 3 N–H and O–H groups in total. The lowest BCUT2D eigenvalue weighted by atomic mass is 10.0. The van der Waals surface area contributed by atoms with Gasteiger partial charge >= 0.3 is 7.82 Å². The van der Waals surface area contributed by atoms with Crippen LogP contribution in [-0.2, 0) is 18.4 Å². The zero-order valence-corrected chi connectivity index (χ0v) is 61.1. The number of nitrogens with one attached hydrogen (secondary N) is 1. The van der Waals surface area contributed by atoms with E-state index in [4.69, 9.17) is 9.05 Å². The lowest BCUT2D eigenvalue weighted by molar-refractivity contribution is -0.870. The van der Waals surface area contributed by atoms with Crippen LogP contribution in [0, 0.1) is 0 Å². The smallest absolute Gasteiger partial charge is 0.391 e. The first-order valence-corrected chi connectivity index (χ1v) is 40.6. The number of phosphoric ester groups is 1. The van der Waals surface area contributed by atoms with E-state index in [-0.39, 0.29) is 19.1 Å². The van der Waals surface area contributed by atoms with Crippen LogP contribution in [0.25, 0.3) is 0 Å². The number of hydrogen-bond acceptors (Lipinski definition) is 5. The van der Waals surface area contributed by atoms with Crippen LogP contribution >= 0.6 is 7.82 Å². The number of amides is 1. The van der Waals surface area contributed by atoms with Gasteiger partial charge in [-0.25, -0.2) is 4.57 Å². The van der Waals surface area contributed by atoms with Gasteiger partial charge in [0.25, 0.3) is 0 Å². The van der Waals surface area contributed by atoms with Gasteiger partial charge in [0.2, 0.25) is 5.91 Å². The van der Waals surface area contributed by atoms with E-state index in [0.29, 0.717) is 23.9 Å². The minimum absolute atomic E-state index is 0.0768. The lowest BCUT2D eigenvalue weighted by Gasteiger charge is -2.26. The van der Waals surface area contributed by atoms with Crippen molar-refractivity contribution in [2.24, 2.45) is 0 Å². The Labute approximate surface area is 555 Å². The third-order valence-electron chi connectivity index (χ3n) is 18.0. The maximum atomic E-state index is 13.1. The molecule has 0 aromatic carbocycles. The molecule has 0 aliphatic heterocycles. The van der Waals surface area contributed by atoms with Crippen LogP contribution in [0.5, 0.6) is 0 Å². The fourth-order valence-electron chi connectivity index (χ4n) is 12.0. The van der Waals surface area contributed by atoms with E-state index in [1.807, 2.05) is 21.1 Å². The summed E-state index contributed by atoms with van der Waals surface area (Å²) in [4.78, 5) is 23.5. The van der Waals surface area contributed by atoms with Crippen molar-refractivity contribution in [1.29, 1.82) is 0 Å². The fourth-order valence-corrected chi connectivity index (χ4v) is 12.8. The number of allylic oxidation sites excluding steroid dienone is 10. The Bertz CT molecular complexity index is 1640. The normalized spacial score (nSPS) is 13.8. The van der Waals surface area contributed by atoms with Gasteiger partial charge in [-0.15, -0.1) is 0 Å². The third kappa shape index (κ3) is 73.5. The molecule has 0 rings (SSSR count). The van der Waals surface area contributed by atoms with Gasteiger partial charge in [0.05, 0.1) is 39.9 Å². The van der Waals surface area contributed by atoms with E-state index in [0.717, 1.165) is 70.6 Å². The molecule has 3 unspecified atom stereocenters. The molecule has 0 spiro atoms. The van der Waals surface area contributed by atoms with E-state index in [1.165, 1.54) is 295 Å². The number of quaternary nitrogens is 1. The number of carbonyl (C=O) groups excluding carboxylic acids is 1. The molecule has 1 amide bonds. The van der Waals surface area contributed by atoms with Gasteiger partial charge in [0, 0.05) is 6.42 Å². The minimum atomic E-state index is -4.33.